The van der Waals surface area contributed by atoms with E-state index < -0.39 is 5.97 Å². The highest BCUT2D eigenvalue weighted by Crippen LogP contribution is 2.29. The monoisotopic (exact) mass is 281 g/mol. The first kappa shape index (κ1) is 15.6. The SMILES string of the molecule is CC(C)C(C)N(C)c1ccc(/C=C/C(=O)O)cc1Cl. The van der Waals surface area contributed by atoms with Gasteiger partial charge in [-0.25, -0.2) is 4.79 Å². The van der Waals surface area contributed by atoms with Crippen molar-refractivity contribution in [3.05, 3.63) is 34.9 Å². The summed E-state index contributed by atoms with van der Waals surface area (Å²) < 4.78 is 0. The van der Waals surface area contributed by atoms with Crippen LogP contribution in [0.3, 0.4) is 0 Å². The van der Waals surface area contributed by atoms with Crippen LogP contribution in [-0.2, 0) is 4.79 Å². The Balaban J connectivity index is 2.97. The van der Waals surface area contributed by atoms with Crippen LogP contribution in [0.4, 0.5) is 5.69 Å². The van der Waals surface area contributed by atoms with Gasteiger partial charge in [0, 0.05) is 19.2 Å². The van der Waals surface area contributed by atoms with Crippen LogP contribution in [0.25, 0.3) is 6.08 Å². The number of carboxylic acid groups (broad SMARTS) is 1. The van der Waals surface area contributed by atoms with Crippen LogP contribution in [0.15, 0.2) is 24.3 Å². The summed E-state index contributed by atoms with van der Waals surface area (Å²) in [5, 5.41) is 9.22. The minimum absolute atomic E-state index is 0.373. The molecule has 19 heavy (non-hydrogen) atoms. The lowest BCUT2D eigenvalue weighted by atomic mass is 10.0. The Labute approximate surface area is 119 Å². The molecule has 1 atom stereocenters. The fraction of sp³-hybridized carbons (Fsp3) is 0.400. The molecule has 0 aliphatic rings. The minimum atomic E-state index is -0.967. The molecule has 0 saturated carbocycles. The van der Waals surface area contributed by atoms with Gasteiger partial charge in [-0.2, -0.15) is 0 Å². The van der Waals surface area contributed by atoms with Crippen LogP contribution in [0.2, 0.25) is 5.02 Å². The molecule has 3 nitrogen and oxygen atoms in total. The van der Waals surface area contributed by atoms with Gasteiger partial charge in [-0.3, -0.25) is 0 Å². The molecule has 0 spiro atoms. The standard InChI is InChI=1S/C15H20ClNO2/c1-10(2)11(3)17(4)14-7-5-12(9-13(14)16)6-8-15(18)19/h5-11H,1-4H3,(H,18,19)/b8-6+. The van der Waals surface area contributed by atoms with E-state index in [9.17, 15) is 4.79 Å². The number of hydrogen-bond acceptors (Lipinski definition) is 2. The Kier molecular flexibility index (Phi) is 5.43. The molecule has 1 aromatic carbocycles. The van der Waals surface area contributed by atoms with E-state index in [1.165, 1.54) is 6.08 Å². The molecular weight excluding hydrogens is 262 g/mol. The van der Waals surface area contributed by atoms with Gasteiger partial charge in [0.1, 0.15) is 0 Å². The van der Waals surface area contributed by atoms with Gasteiger partial charge in [-0.05, 0) is 36.6 Å². The van der Waals surface area contributed by atoms with Gasteiger partial charge in [-0.1, -0.05) is 31.5 Å². The number of carbonyl (C=O) groups is 1. The Hall–Kier alpha value is -1.48. The summed E-state index contributed by atoms with van der Waals surface area (Å²) in [7, 11) is 2.01. The molecule has 0 aromatic heterocycles. The van der Waals surface area contributed by atoms with Gasteiger partial charge in [0.05, 0.1) is 10.7 Å². The lowest BCUT2D eigenvalue weighted by Crippen LogP contribution is -2.33. The smallest absolute Gasteiger partial charge is 0.328 e. The van der Waals surface area contributed by atoms with Crippen LogP contribution in [0, 0.1) is 5.92 Å². The van der Waals surface area contributed by atoms with Crippen molar-refractivity contribution < 1.29 is 9.90 Å². The molecule has 0 amide bonds. The van der Waals surface area contributed by atoms with Crippen molar-refractivity contribution >= 4 is 29.3 Å². The summed E-state index contributed by atoms with van der Waals surface area (Å²) >= 11 is 6.27. The molecule has 0 heterocycles. The van der Waals surface area contributed by atoms with Crippen molar-refractivity contribution in [1.82, 2.24) is 0 Å². The third-order valence-corrected chi connectivity index (χ3v) is 3.65. The molecule has 0 saturated heterocycles. The van der Waals surface area contributed by atoms with Crippen LogP contribution in [0.5, 0.6) is 0 Å². The number of hydrogen-bond donors (Lipinski definition) is 1. The molecule has 0 fully saturated rings. The number of nitrogens with zero attached hydrogens (tertiary/aromatic N) is 1. The van der Waals surface area contributed by atoms with E-state index in [4.69, 9.17) is 16.7 Å². The van der Waals surface area contributed by atoms with Crippen LogP contribution >= 0.6 is 11.6 Å². The van der Waals surface area contributed by atoms with E-state index in [0.717, 1.165) is 17.3 Å². The van der Waals surface area contributed by atoms with Gasteiger partial charge >= 0.3 is 5.97 Å². The van der Waals surface area contributed by atoms with Gasteiger partial charge in [0.15, 0.2) is 0 Å². The number of carboxylic acids is 1. The Morgan fingerprint density at radius 3 is 2.47 bits per heavy atom. The number of rotatable bonds is 5. The largest absolute Gasteiger partial charge is 0.478 e. The minimum Gasteiger partial charge on any atom is -0.478 e. The normalized spacial score (nSPS) is 12.9. The first-order chi connectivity index (χ1) is 8.82. The van der Waals surface area contributed by atoms with Crippen LogP contribution < -0.4 is 4.90 Å². The summed E-state index contributed by atoms with van der Waals surface area (Å²) in [6.45, 7) is 6.48. The molecule has 0 radical (unpaired) electrons. The highest BCUT2D eigenvalue weighted by molar-refractivity contribution is 6.33. The lowest BCUT2D eigenvalue weighted by molar-refractivity contribution is -0.131. The Morgan fingerprint density at radius 1 is 1.37 bits per heavy atom. The molecule has 0 aliphatic carbocycles. The van der Waals surface area contributed by atoms with E-state index in [2.05, 4.69) is 25.7 Å². The number of anilines is 1. The zero-order chi connectivity index (χ0) is 14.6. The van der Waals surface area contributed by atoms with Crippen LogP contribution in [-0.4, -0.2) is 24.2 Å². The fourth-order valence-corrected chi connectivity index (χ4v) is 2.07. The second-order valence-electron chi connectivity index (χ2n) is 4.98. The van der Waals surface area contributed by atoms with Crippen molar-refractivity contribution in [2.45, 2.75) is 26.8 Å². The molecule has 104 valence electrons. The number of aliphatic carboxylic acids is 1. The third kappa shape index (κ3) is 4.28. The molecule has 1 rings (SSSR count). The maximum Gasteiger partial charge on any atom is 0.328 e. The molecule has 1 unspecified atom stereocenters. The lowest BCUT2D eigenvalue weighted by Gasteiger charge is -2.30. The van der Waals surface area contributed by atoms with Gasteiger partial charge < -0.3 is 10.0 Å². The van der Waals surface area contributed by atoms with Crippen molar-refractivity contribution in [2.75, 3.05) is 11.9 Å². The number of halogens is 1. The number of benzene rings is 1. The quantitative estimate of drug-likeness (QED) is 0.832. The van der Waals surface area contributed by atoms with E-state index in [-0.39, 0.29) is 0 Å². The Morgan fingerprint density at radius 2 is 2.00 bits per heavy atom. The van der Waals surface area contributed by atoms with E-state index in [1.54, 1.807) is 6.07 Å². The fourth-order valence-electron chi connectivity index (χ4n) is 1.75. The summed E-state index contributed by atoms with van der Waals surface area (Å²) in [6.07, 6.45) is 2.63. The first-order valence-corrected chi connectivity index (χ1v) is 6.64. The molecular formula is C15H20ClNO2. The van der Waals surface area contributed by atoms with E-state index in [1.807, 2.05) is 19.2 Å². The predicted octanol–water partition coefficient (Wildman–Crippen LogP) is 3.92. The van der Waals surface area contributed by atoms with E-state index >= 15 is 0 Å². The van der Waals surface area contributed by atoms with Crippen molar-refractivity contribution in [3.8, 4) is 0 Å². The summed E-state index contributed by atoms with van der Waals surface area (Å²) in [5.74, 6) is -0.446. The predicted molar refractivity (Wildman–Crippen MR) is 80.8 cm³/mol. The zero-order valence-corrected chi connectivity index (χ0v) is 12.5. The zero-order valence-electron chi connectivity index (χ0n) is 11.7. The van der Waals surface area contributed by atoms with Gasteiger partial charge in [-0.15, -0.1) is 0 Å². The van der Waals surface area contributed by atoms with Gasteiger partial charge in [0.25, 0.3) is 0 Å². The molecule has 4 heteroatoms. The Bertz CT molecular complexity index is 483. The average Bonchev–Trinajstić information content (AvgIpc) is 2.34. The topological polar surface area (TPSA) is 40.5 Å². The second kappa shape index (κ2) is 6.62. The first-order valence-electron chi connectivity index (χ1n) is 6.26. The maximum atomic E-state index is 10.5. The molecule has 1 aromatic rings. The van der Waals surface area contributed by atoms with Crippen molar-refractivity contribution in [2.24, 2.45) is 5.92 Å². The summed E-state index contributed by atoms with van der Waals surface area (Å²) in [4.78, 5) is 12.6. The molecule has 0 aliphatic heterocycles. The van der Waals surface area contributed by atoms with Crippen molar-refractivity contribution in [1.29, 1.82) is 0 Å². The highest BCUT2D eigenvalue weighted by atomic mass is 35.5. The third-order valence-electron chi connectivity index (χ3n) is 3.35. The van der Waals surface area contributed by atoms with Crippen LogP contribution in [0.1, 0.15) is 26.3 Å². The van der Waals surface area contributed by atoms with E-state index in [0.29, 0.717) is 17.0 Å². The van der Waals surface area contributed by atoms with Crippen molar-refractivity contribution in [3.63, 3.8) is 0 Å². The van der Waals surface area contributed by atoms with Gasteiger partial charge in [0.2, 0.25) is 0 Å². The molecule has 0 bridgehead atoms. The summed E-state index contributed by atoms with van der Waals surface area (Å²) in [5.41, 5.74) is 1.73. The highest BCUT2D eigenvalue weighted by Gasteiger charge is 2.15. The molecule has 1 N–H and O–H groups in total. The average molecular weight is 282 g/mol. The summed E-state index contributed by atoms with van der Waals surface area (Å²) in [6, 6.07) is 5.94. The maximum absolute atomic E-state index is 10.5. The second-order valence-corrected chi connectivity index (χ2v) is 5.39.